The van der Waals surface area contributed by atoms with E-state index in [-0.39, 0.29) is 11.8 Å². The Hall–Kier alpha value is -1.13. The summed E-state index contributed by atoms with van der Waals surface area (Å²) >= 11 is 5.45. The number of ether oxygens (including phenoxy) is 1. The zero-order chi connectivity index (χ0) is 10.6. The van der Waals surface area contributed by atoms with Gasteiger partial charge in [-0.15, -0.1) is 11.6 Å². The van der Waals surface area contributed by atoms with Crippen LogP contribution in [0, 0.1) is 12.3 Å². The van der Waals surface area contributed by atoms with Crippen LogP contribution in [0.25, 0.3) is 0 Å². The smallest absolute Gasteiger partial charge is 0.216 e. The number of halogens is 1. The Balaban J connectivity index is 2.65. The van der Waals surface area contributed by atoms with Crippen LogP contribution in [-0.4, -0.2) is 23.0 Å². The Morgan fingerprint density at radius 3 is 2.93 bits per heavy atom. The van der Waals surface area contributed by atoms with Crippen molar-refractivity contribution in [3.8, 4) is 0 Å². The van der Waals surface area contributed by atoms with Crippen LogP contribution >= 0.6 is 11.6 Å². The Bertz CT molecular complexity index is 312. The average molecular weight is 214 g/mol. The van der Waals surface area contributed by atoms with Crippen LogP contribution in [-0.2, 0) is 4.74 Å². The second-order valence-corrected chi connectivity index (χ2v) is 3.14. The second-order valence-electron chi connectivity index (χ2n) is 2.83. The number of nitrogens with two attached hydrogens (primary N) is 1. The van der Waals surface area contributed by atoms with Crippen molar-refractivity contribution in [3.05, 3.63) is 29.6 Å². The van der Waals surface area contributed by atoms with Gasteiger partial charge in [0.25, 0.3) is 0 Å². The Morgan fingerprint density at radius 2 is 2.43 bits per heavy atom. The first-order valence-corrected chi connectivity index (χ1v) is 4.66. The zero-order valence-corrected chi connectivity index (χ0v) is 8.58. The van der Waals surface area contributed by atoms with E-state index in [0.29, 0.717) is 5.56 Å². The maximum absolute atomic E-state index is 7.53. The molecule has 0 spiro atoms. The zero-order valence-electron chi connectivity index (χ0n) is 7.83. The van der Waals surface area contributed by atoms with Gasteiger partial charge in [-0.25, -0.2) is 0 Å². The maximum atomic E-state index is 7.53. The SMILES string of the molecule is Cc1ccc(C(=N)OC(N)CCl)cn1. The third-order valence-corrected chi connectivity index (χ3v) is 1.90. The molecule has 5 heteroatoms. The number of alkyl halides is 1. The molecule has 1 aromatic rings. The Morgan fingerprint density at radius 1 is 1.71 bits per heavy atom. The van der Waals surface area contributed by atoms with Crippen LogP contribution in [0.1, 0.15) is 11.3 Å². The monoisotopic (exact) mass is 213 g/mol. The van der Waals surface area contributed by atoms with Crippen molar-refractivity contribution < 1.29 is 4.74 Å². The fraction of sp³-hybridized carbons (Fsp3) is 0.333. The quantitative estimate of drug-likeness (QED) is 0.344. The molecule has 0 aliphatic carbocycles. The highest BCUT2D eigenvalue weighted by Gasteiger charge is 2.07. The van der Waals surface area contributed by atoms with Crippen molar-refractivity contribution in [1.29, 1.82) is 5.41 Å². The summed E-state index contributed by atoms with van der Waals surface area (Å²) in [5.74, 6) is 0.146. The molecule has 3 N–H and O–H groups in total. The van der Waals surface area contributed by atoms with Gasteiger partial charge >= 0.3 is 0 Å². The molecule has 4 nitrogen and oxygen atoms in total. The molecule has 1 heterocycles. The molecule has 0 fully saturated rings. The Labute approximate surface area is 87.6 Å². The van der Waals surface area contributed by atoms with E-state index >= 15 is 0 Å². The van der Waals surface area contributed by atoms with Crippen molar-refractivity contribution in [2.45, 2.75) is 13.2 Å². The molecule has 1 aromatic heterocycles. The first-order valence-electron chi connectivity index (χ1n) is 4.13. The lowest BCUT2D eigenvalue weighted by Crippen LogP contribution is -2.28. The van der Waals surface area contributed by atoms with Crippen molar-refractivity contribution >= 4 is 17.5 Å². The molecule has 14 heavy (non-hydrogen) atoms. The minimum atomic E-state index is -0.648. The van der Waals surface area contributed by atoms with E-state index in [2.05, 4.69) is 4.98 Å². The molecule has 0 aromatic carbocycles. The standard InChI is InChI=1S/C9H12ClN3O/c1-6-2-3-7(5-13-6)9(12)14-8(11)4-10/h2-3,5,8,12H,4,11H2,1H3. The lowest BCUT2D eigenvalue weighted by molar-refractivity contribution is 0.218. The average Bonchev–Trinajstić information content (AvgIpc) is 2.18. The van der Waals surface area contributed by atoms with E-state index in [1.807, 2.05) is 6.92 Å². The Kier molecular flexibility index (Phi) is 3.85. The number of pyridine rings is 1. The molecule has 0 saturated carbocycles. The number of aromatic nitrogens is 1. The van der Waals surface area contributed by atoms with Crippen LogP contribution in [0.3, 0.4) is 0 Å². The first kappa shape index (κ1) is 10.9. The van der Waals surface area contributed by atoms with E-state index in [0.717, 1.165) is 5.69 Å². The summed E-state index contributed by atoms with van der Waals surface area (Å²) in [6.45, 7) is 1.87. The molecule has 76 valence electrons. The van der Waals surface area contributed by atoms with Gasteiger partial charge in [0, 0.05) is 11.9 Å². The van der Waals surface area contributed by atoms with Gasteiger partial charge in [0.1, 0.15) is 0 Å². The van der Waals surface area contributed by atoms with Crippen LogP contribution in [0.15, 0.2) is 18.3 Å². The van der Waals surface area contributed by atoms with Gasteiger partial charge in [-0.1, -0.05) is 0 Å². The lowest BCUT2D eigenvalue weighted by atomic mass is 10.2. The molecule has 0 amide bonds. The summed E-state index contributed by atoms with van der Waals surface area (Å²) in [6, 6.07) is 3.56. The van der Waals surface area contributed by atoms with Crippen LogP contribution in [0.4, 0.5) is 0 Å². The van der Waals surface area contributed by atoms with Crippen LogP contribution in [0.2, 0.25) is 0 Å². The molecule has 0 aliphatic rings. The largest absolute Gasteiger partial charge is 0.457 e. The van der Waals surface area contributed by atoms with Gasteiger partial charge in [-0.05, 0) is 19.1 Å². The summed E-state index contributed by atoms with van der Waals surface area (Å²) in [5, 5.41) is 7.53. The van der Waals surface area contributed by atoms with E-state index in [1.54, 1.807) is 18.3 Å². The summed E-state index contributed by atoms with van der Waals surface area (Å²) < 4.78 is 5.01. The number of aryl methyl sites for hydroxylation is 1. The predicted molar refractivity (Wildman–Crippen MR) is 55.6 cm³/mol. The highest BCUT2D eigenvalue weighted by Crippen LogP contribution is 2.02. The van der Waals surface area contributed by atoms with E-state index in [9.17, 15) is 0 Å². The molecule has 1 atom stereocenters. The molecule has 0 aliphatic heterocycles. The van der Waals surface area contributed by atoms with Gasteiger partial charge in [-0.3, -0.25) is 16.1 Å². The number of nitrogens with zero attached hydrogens (tertiary/aromatic N) is 1. The second kappa shape index (κ2) is 4.93. The van der Waals surface area contributed by atoms with Gasteiger partial charge in [0.15, 0.2) is 6.23 Å². The normalized spacial score (nSPS) is 12.2. The molecule has 1 unspecified atom stereocenters. The van der Waals surface area contributed by atoms with Gasteiger partial charge in [0.05, 0.1) is 11.4 Å². The topological polar surface area (TPSA) is 72.0 Å². The lowest BCUT2D eigenvalue weighted by Gasteiger charge is -2.11. The van der Waals surface area contributed by atoms with Crippen molar-refractivity contribution in [2.75, 3.05) is 5.88 Å². The minimum absolute atomic E-state index is 0.00866. The fourth-order valence-corrected chi connectivity index (χ4v) is 0.916. The van der Waals surface area contributed by atoms with Crippen molar-refractivity contribution in [2.24, 2.45) is 5.73 Å². The molecule has 0 saturated heterocycles. The molecular weight excluding hydrogens is 202 g/mol. The van der Waals surface area contributed by atoms with E-state index < -0.39 is 6.23 Å². The molecule has 0 bridgehead atoms. The number of hydrogen-bond acceptors (Lipinski definition) is 4. The number of nitrogens with one attached hydrogen (secondary N) is 1. The van der Waals surface area contributed by atoms with Gasteiger partial charge in [0.2, 0.25) is 5.90 Å². The summed E-state index contributed by atoms with van der Waals surface area (Å²) in [4.78, 5) is 4.04. The molecular formula is C9H12ClN3O. The summed E-state index contributed by atoms with van der Waals surface area (Å²) in [6.07, 6.45) is 0.920. The molecule has 0 radical (unpaired) electrons. The highest BCUT2D eigenvalue weighted by molar-refractivity contribution is 6.18. The van der Waals surface area contributed by atoms with Crippen molar-refractivity contribution in [1.82, 2.24) is 4.98 Å². The third kappa shape index (κ3) is 2.97. The molecule has 1 rings (SSSR count). The predicted octanol–water partition coefficient (Wildman–Crippen LogP) is 1.26. The fourth-order valence-electron chi connectivity index (χ4n) is 0.853. The summed E-state index contributed by atoms with van der Waals surface area (Å²) in [7, 11) is 0. The third-order valence-electron chi connectivity index (χ3n) is 1.59. The minimum Gasteiger partial charge on any atom is -0.457 e. The van der Waals surface area contributed by atoms with E-state index in [4.69, 9.17) is 27.5 Å². The van der Waals surface area contributed by atoms with Gasteiger partial charge < -0.3 is 4.74 Å². The summed E-state index contributed by atoms with van der Waals surface area (Å²) in [5.41, 5.74) is 6.91. The van der Waals surface area contributed by atoms with Gasteiger partial charge in [-0.2, -0.15) is 0 Å². The van der Waals surface area contributed by atoms with Crippen molar-refractivity contribution in [3.63, 3.8) is 0 Å². The maximum Gasteiger partial charge on any atom is 0.216 e. The number of rotatable bonds is 3. The van der Waals surface area contributed by atoms with E-state index in [1.165, 1.54) is 0 Å². The highest BCUT2D eigenvalue weighted by atomic mass is 35.5. The van der Waals surface area contributed by atoms with Crippen LogP contribution < -0.4 is 5.73 Å². The van der Waals surface area contributed by atoms with Crippen LogP contribution in [0.5, 0.6) is 0 Å². The first-order chi connectivity index (χ1) is 6.63. The number of hydrogen-bond donors (Lipinski definition) is 2.